The summed E-state index contributed by atoms with van der Waals surface area (Å²) in [7, 11) is 0. The first-order chi connectivity index (χ1) is 12.6. The van der Waals surface area contributed by atoms with Crippen molar-refractivity contribution in [3.63, 3.8) is 0 Å². The second-order valence-corrected chi connectivity index (χ2v) is 7.19. The Hall–Kier alpha value is -2.02. The quantitative estimate of drug-likeness (QED) is 0.624. The zero-order chi connectivity index (χ0) is 20.3. The summed E-state index contributed by atoms with van der Waals surface area (Å²) in [6.45, 7) is 6.46. The number of carbonyl (C=O) groups excluding carboxylic acids is 2. The van der Waals surface area contributed by atoms with Crippen molar-refractivity contribution in [1.82, 2.24) is 10.3 Å². The van der Waals surface area contributed by atoms with Gasteiger partial charge < -0.3 is 20.1 Å². The van der Waals surface area contributed by atoms with Gasteiger partial charge in [0.05, 0.1) is 22.2 Å². The van der Waals surface area contributed by atoms with E-state index in [2.05, 4.69) is 10.3 Å². The molecule has 0 spiro atoms. The lowest BCUT2D eigenvalue weighted by Crippen LogP contribution is -2.31. The number of aromatic nitrogens is 1. The number of benzene rings is 1. The van der Waals surface area contributed by atoms with E-state index in [-0.39, 0.29) is 11.7 Å². The Bertz CT molecular complexity index is 862. The Kier molecular flexibility index (Phi) is 6.92. The molecule has 0 saturated heterocycles. The lowest BCUT2D eigenvalue weighted by Gasteiger charge is -2.15. The normalized spacial score (nSPS) is 13.1. The standard InChI is InChI=1S/C19H22Cl2N2O4/c1-9-17(12(4)24)11(3)23-18(9)19(26)27-8-16(25)22-10(2)13-5-6-14(20)15(21)7-13/h5-7,10,12,23-24H,8H2,1-4H3,(H,22,25)/t10-,12-/m1/s1. The smallest absolute Gasteiger partial charge is 0.355 e. The second kappa shape index (κ2) is 8.78. The Morgan fingerprint density at radius 1 is 1.22 bits per heavy atom. The molecule has 0 aliphatic heterocycles. The number of aliphatic hydroxyl groups is 1. The highest BCUT2D eigenvalue weighted by Gasteiger charge is 2.22. The number of rotatable bonds is 6. The highest BCUT2D eigenvalue weighted by molar-refractivity contribution is 6.42. The molecule has 0 unspecified atom stereocenters. The zero-order valence-corrected chi connectivity index (χ0v) is 17.0. The average molecular weight is 413 g/mol. The fourth-order valence-electron chi connectivity index (χ4n) is 2.95. The molecule has 0 saturated carbocycles. The molecule has 27 heavy (non-hydrogen) atoms. The summed E-state index contributed by atoms with van der Waals surface area (Å²) in [4.78, 5) is 27.2. The van der Waals surface area contributed by atoms with E-state index < -0.39 is 24.6 Å². The minimum atomic E-state index is -0.710. The molecule has 1 amide bonds. The summed E-state index contributed by atoms with van der Waals surface area (Å²) in [5.74, 6) is -1.10. The van der Waals surface area contributed by atoms with Crippen LogP contribution in [0.3, 0.4) is 0 Å². The van der Waals surface area contributed by atoms with Crippen LogP contribution in [0.2, 0.25) is 10.0 Å². The van der Waals surface area contributed by atoms with Crippen molar-refractivity contribution in [1.29, 1.82) is 0 Å². The first-order valence-electron chi connectivity index (χ1n) is 8.40. The largest absolute Gasteiger partial charge is 0.451 e. The summed E-state index contributed by atoms with van der Waals surface area (Å²) < 4.78 is 5.09. The van der Waals surface area contributed by atoms with E-state index in [0.717, 1.165) is 5.56 Å². The van der Waals surface area contributed by atoms with Crippen molar-refractivity contribution in [2.24, 2.45) is 0 Å². The van der Waals surface area contributed by atoms with Gasteiger partial charge >= 0.3 is 5.97 Å². The predicted molar refractivity (Wildman–Crippen MR) is 104 cm³/mol. The number of hydrogen-bond acceptors (Lipinski definition) is 4. The third kappa shape index (κ3) is 5.03. The average Bonchev–Trinajstić information content (AvgIpc) is 2.89. The van der Waals surface area contributed by atoms with Crippen LogP contribution in [0, 0.1) is 13.8 Å². The van der Waals surface area contributed by atoms with E-state index >= 15 is 0 Å². The maximum atomic E-state index is 12.2. The van der Waals surface area contributed by atoms with E-state index in [4.69, 9.17) is 27.9 Å². The minimum absolute atomic E-state index is 0.230. The summed E-state index contributed by atoms with van der Waals surface area (Å²) >= 11 is 11.9. The van der Waals surface area contributed by atoms with E-state index in [0.29, 0.717) is 26.9 Å². The Morgan fingerprint density at radius 3 is 2.44 bits per heavy atom. The Morgan fingerprint density at radius 2 is 1.89 bits per heavy atom. The molecule has 0 fully saturated rings. The molecular formula is C19H22Cl2N2O4. The van der Waals surface area contributed by atoms with Crippen LogP contribution in [0.25, 0.3) is 0 Å². The van der Waals surface area contributed by atoms with Gasteiger partial charge in [-0.2, -0.15) is 0 Å². The highest BCUT2D eigenvalue weighted by atomic mass is 35.5. The van der Waals surface area contributed by atoms with Crippen LogP contribution in [0.15, 0.2) is 18.2 Å². The van der Waals surface area contributed by atoms with Gasteiger partial charge in [-0.3, -0.25) is 4.79 Å². The number of esters is 1. The maximum Gasteiger partial charge on any atom is 0.355 e. The SMILES string of the molecule is Cc1[nH]c(C(=O)OCC(=O)N[C@H](C)c2ccc(Cl)c(Cl)c2)c(C)c1[C@@H](C)O. The molecule has 2 rings (SSSR count). The fraction of sp³-hybridized carbons (Fsp3) is 0.368. The van der Waals surface area contributed by atoms with Crippen LogP contribution < -0.4 is 5.32 Å². The minimum Gasteiger partial charge on any atom is -0.451 e. The van der Waals surface area contributed by atoms with Crippen LogP contribution in [-0.4, -0.2) is 28.6 Å². The van der Waals surface area contributed by atoms with Crippen molar-refractivity contribution < 1.29 is 19.4 Å². The van der Waals surface area contributed by atoms with E-state index in [1.54, 1.807) is 45.9 Å². The van der Waals surface area contributed by atoms with Crippen molar-refractivity contribution in [2.75, 3.05) is 6.61 Å². The van der Waals surface area contributed by atoms with Gasteiger partial charge in [0.15, 0.2) is 6.61 Å². The molecule has 6 nitrogen and oxygen atoms in total. The third-order valence-corrected chi connectivity index (χ3v) is 5.01. The van der Waals surface area contributed by atoms with Gasteiger partial charge in [0.1, 0.15) is 5.69 Å². The molecule has 2 atom stereocenters. The molecule has 3 N–H and O–H groups in total. The molecule has 0 radical (unpaired) electrons. The monoisotopic (exact) mass is 412 g/mol. The van der Waals surface area contributed by atoms with E-state index in [1.165, 1.54) is 0 Å². The van der Waals surface area contributed by atoms with Crippen molar-refractivity contribution in [2.45, 2.75) is 39.8 Å². The maximum absolute atomic E-state index is 12.2. The number of H-pyrrole nitrogens is 1. The van der Waals surface area contributed by atoms with Gasteiger partial charge in [0.25, 0.3) is 5.91 Å². The van der Waals surface area contributed by atoms with E-state index in [9.17, 15) is 14.7 Å². The van der Waals surface area contributed by atoms with Crippen LogP contribution in [0.5, 0.6) is 0 Å². The first-order valence-corrected chi connectivity index (χ1v) is 9.16. The number of halogens is 2. The molecule has 1 aromatic heterocycles. The van der Waals surface area contributed by atoms with Crippen molar-refractivity contribution >= 4 is 35.1 Å². The van der Waals surface area contributed by atoms with E-state index in [1.807, 2.05) is 0 Å². The van der Waals surface area contributed by atoms with Gasteiger partial charge in [0.2, 0.25) is 0 Å². The van der Waals surface area contributed by atoms with Crippen LogP contribution >= 0.6 is 23.2 Å². The molecule has 1 heterocycles. The summed E-state index contributed by atoms with van der Waals surface area (Å²) in [6, 6.07) is 4.75. The number of aliphatic hydroxyl groups excluding tert-OH is 1. The van der Waals surface area contributed by atoms with Crippen LogP contribution in [0.1, 0.15) is 58.9 Å². The molecule has 0 aliphatic carbocycles. The van der Waals surface area contributed by atoms with Gasteiger partial charge in [-0.25, -0.2) is 4.79 Å². The molecule has 2 aromatic rings. The van der Waals surface area contributed by atoms with Gasteiger partial charge in [0, 0.05) is 11.3 Å². The molecule has 1 aromatic carbocycles. The molecule has 0 aliphatic rings. The number of aromatic amines is 1. The number of aryl methyl sites for hydroxylation is 1. The number of nitrogens with one attached hydrogen (secondary N) is 2. The number of amides is 1. The van der Waals surface area contributed by atoms with Crippen LogP contribution in [-0.2, 0) is 9.53 Å². The summed E-state index contributed by atoms with van der Waals surface area (Å²) in [6.07, 6.45) is -0.710. The first kappa shape index (κ1) is 21.3. The summed E-state index contributed by atoms with van der Waals surface area (Å²) in [5.41, 5.74) is 2.96. The van der Waals surface area contributed by atoms with Gasteiger partial charge in [-0.05, 0) is 51.0 Å². The lowest BCUT2D eigenvalue weighted by atomic mass is 10.1. The second-order valence-electron chi connectivity index (χ2n) is 6.38. The number of carbonyl (C=O) groups is 2. The van der Waals surface area contributed by atoms with Gasteiger partial charge in [-0.1, -0.05) is 29.3 Å². The molecule has 146 valence electrons. The molecule has 8 heteroatoms. The predicted octanol–water partition coefficient (Wildman–Crippen LogP) is 4.03. The lowest BCUT2D eigenvalue weighted by molar-refractivity contribution is -0.124. The molecular weight excluding hydrogens is 391 g/mol. The summed E-state index contributed by atoms with van der Waals surface area (Å²) in [5, 5.41) is 13.3. The van der Waals surface area contributed by atoms with Gasteiger partial charge in [-0.15, -0.1) is 0 Å². The number of hydrogen-bond donors (Lipinski definition) is 3. The Balaban J connectivity index is 1.96. The third-order valence-electron chi connectivity index (χ3n) is 4.27. The topological polar surface area (TPSA) is 91.4 Å². The zero-order valence-electron chi connectivity index (χ0n) is 15.5. The molecule has 0 bridgehead atoms. The van der Waals surface area contributed by atoms with Crippen LogP contribution in [0.4, 0.5) is 0 Å². The Labute approximate surface area is 167 Å². The van der Waals surface area contributed by atoms with Crippen molar-refractivity contribution in [3.05, 3.63) is 56.3 Å². The fourth-order valence-corrected chi connectivity index (χ4v) is 3.25. The number of ether oxygens (including phenoxy) is 1. The highest BCUT2D eigenvalue weighted by Crippen LogP contribution is 2.26. The van der Waals surface area contributed by atoms with Crippen molar-refractivity contribution in [3.8, 4) is 0 Å².